The van der Waals surface area contributed by atoms with Crippen LogP contribution in [0.25, 0.3) is 0 Å². The second kappa shape index (κ2) is 7.49. The fourth-order valence-electron chi connectivity index (χ4n) is 2.07. The van der Waals surface area contributed by atoms with E-state index in [0.29, 0.717) is 28.6 Å². The summed E-state index contributed by atoms with van der Waals surface area (Å²) in [5, 5.41) is 6.01. The van der Waals surface area contributed by atoms with Crippen LogP contribution in [0.1, 0.15) is 24.2 Å². The molecule has 0 unspecified atom stereocenters. The number of benzene rings is 1. The number of nitrogens with one attached hydrogen (secondary N) is 2. The number of hydrogen-bond donors (Lipinski definition) is 2. The molecule has 0 spiro atoms. The number of carbonyl (C=O) groups is 1. The Kier molecular flexibility index (Phi) is 5.41. The number of ether oxygens (including phenoxy) is 2. The third kappa shape index (κ3) is 4.12. The Hall–Kier alpha value is -2.76. The molecule has 0 aliphatic rings. The number of hydrogen-bond acceptors (Lipinski definition) is 5. The first-order chi connectivity index (χ1) is 11.0. The second-order valence-electron chi connectivity index (χ2n) is 5.22. The maximum absolute atomic E-state index is 12.6. The van der Waals surface area contributed by atoms with Crippen LogP contribution < -0.4 is 20.1 Å². The average molecular weight is 315 g/mol. The van der Waals surface area contributed by atoms with Crippen molar-refractivity contribution in [2.75, 3.05) is 24.9 Å². The summed E-state index contributed by atoms with van der Waals surface area (Å²) in [5.74, 6) is 1.47. The molecule has 6 nitrogen and oxygen atoms in total. The van der Waals surface area contributed by atoms with Gasteiger partial charge in [0, 0.05) is 18.3 Å². The van der Waals surface area contributed by atoms with Crippen molar-refractivity contribution in [1.82, 2.24) is 4.98 Å². The van der Waals surface area contributed by atoms with Crippen molar-refractivity contribution in [2.24, 2.45) is 0 Å². The van der Waals surface area contributed by atoms with Gasteiger partial charge in [-0.05, 0) is 38.1 Å². The first-order valence-corrected chi connectivity index (χ1v) is 7.30. The Morgan fingerprint density at radius 2 is 1.96 bits per heavy atom. The van der Waals surface area contributed by atoms with E-state index in [1.165, 1.54) is 0 Å². The van der Waals surface area contributed by atoms with Gasteiger partial charge in [0.1, 0.15) is 17.3 Å². The Morgan fingerprint density at radius 1 is 1.17 bits per heavy atom. The van der Waals surface area contributed by atoms with Gasteiger partial charge in [0.05, 0.1) is 25.5 Å². The smallest absolute Gasteiger partial charge is 0.259 e. The first-order valence-electron chi connectivity index (χ1n) is 7.30. The fraction of sp³-hybridized carbons (Fsp3) is 0.294. The van der Waals surface area contributed by atoms with Crippen molar-refractivity contribution >= 4 is 17.4 Å². The Bertz CT molecular complexity index is 687. The molecule has 122 valence electrons. The SMILES string of the molecule is COc1ccc(NC(=O)c2cccnc2NC(C)C)c(OC)c1. The molecule has 0 saturated carbocycles. The molecule has 0 aliphatic heterocycles. The minimum absolute atomic E-state index is 0.173. The lowest BCUT2D eigenvalue weighted by atomic mass is 10.2. The average Bonchev–Trinajstić information content (AvgIpc) is 2.55. The predicted octanol–water partition coefficient (Wildman–Crippen LogP) is 3.17. The number of carbonyl (C=O) groups excluding carboxylic acids is 1. The summed E-state index contributed by atoms with van der Waals surface area (Å²) in [5.41, 5.74) is 1.04. The van der Waals surface area contributed by atoms with E-state index in [4.69, 9.17) is 9.47 Å². The first kappa shape index (κ1) is 16.6. The second-order valence-corrected chi connectivity index (χ2v) is 5.22. The van der Waals surface area contributed by atoms with Crippen LogP contribution in [0, 0.1) is 0 Å². The molecule has 2 N–H and O–H groups in total. The van der Waals surface area contributed by atoms with Gasteiger partial charge in [-0.25, -0.2) is 4.98 Å². The highest BCUT2D eigenvalue weighted by Gasteiger charge is 2.15. The summed E-state index contributed by atoms with van der Waals surface area (Å²) < 4.78 is 10.4. The minimum Gasteiger partial charge on any atom is -0.497 e. The highest BCUT2D eigenvalue weighted by molar-refractivity contribution is 6.08. The van der Waals surface area contributed by atoms with Crippen molar-refractivity contribution in [1.29, 1.82) is 0 Å². The molecule has 0 fully saturated rings. The van der Waals surface area contributed by atoms with Crippen LogP contribution in [0.5, 0.6) is 11.5 Å². The van der Waals surface area contributed by atoms with Gasteiger partial charge in [-0.15, -0.1) is 0 Å². The van der Waals surface area contributed by atoms with Crippen LogP contribution in [0.3, 0.4) is 0 Å². The minimum atomic E-state index is -0.260. The number of pyridine rings is 1. The summed E-state index contributed by atoms with van der Waals surface area (Å²) >= 11 is 0. The molecule has 1 amide bonds. The summed E-state index contributed by atoms with van der Waals surface area (Å²) in [6.07, 6.45) is 1.65. The normalized spacial score (nSPS) is 10.3. The summed E-state index contributed by atoms with van der Waals surface area (Å²) in [6, 6.07) is 8.84. The summed E-state index contributed by atoms with van der Waals surface area (Å²) in [6.45, 7) is 3.98. The molecule has 0 atom stereocenters. The third-order valence-electron chi connectivity index (χ3n) is 3.13. The molecule has 0 saturated heterocycles. The van der Waals surface area contributed by atoms with Crippen molar-refractivity contribution in [3.05, 3.63) is 42.1 Å². The van der Waals surface area contributed by atoms with Crippen molar-refractivity contribution < 1.29 is 14.3 Å². The third-order valence-corrected chi connectivity index (χ3v) is 3.13. The molecule has 2 aromatic rings. The van der Waals surface area contributed by atoms with Crippen LogP contribution in [0.4, 0.5) is 11.5 Å². The van der Waals surface area contributed by atoms with E-state index in [-0.39, 0.29) is 11.9 Å². The number of amides is 1. The largest absolute Gasteiger partial charge is 0.497 e. The van der Waals surface area contributed by atoms with Gasteiger partial charge in [-0.1, -0.05) is 0 Å². The molecule has 1 heterocycles. The summed E-state index contributed by atoms with van der Waals surface area (Å²) in [4.78, 5) is 16.8. The number of aromatic nitrogens is 1. The molecule has 6 heteroatoms. The number of methoxy groups -OCH3 is 2. The summed E-state index contributed by atoms with van der Waals surface area (Å²) in [7, 11) is 3.12. The van der Waals surface area contributed by atoms with E-state index < -0.39 is 0 Å². The maximum Gasteiger partial charge on any atom is 0.259 e. The Labute approximate surface area is 135 Å². The van der Waals surface area contributed by atoms with Crippen molar-refractivity contribution in [3.8, 4) is 11.5 Å². The lowest BCUT2D eigenvalue weighted by molar-refractivity contribution is 0.102. The number of anilines is 2. The van der Waals surface area contributed by atoms with E-state index in [1.54, 1.807) is 50.7 Å². The van der Waals surface area contributed by atoms with Gasteiger partial charge in [-0.3, -0.25) is 4.79 Å². The van der Waals surface area contributed by atoms with Crippen LogP contribution >= 0.6 is 0 Å². The van der Waals surface area contributed by atoms with E-state index in [1.807, 2.05) is 13.8 Å². The molecule has 1 aromatic heterocycles. The van der Waals surface area contributed by atoms with Crippen molar-refractivity contribution in [3.63, 3.8) is 0 Å². The van der Waals surface area contributed by atoms with Gasteiger partial charge in [0.2, 0.25) is 0 Å². The van der Waals surface area contributed by atoms with Crippen LogP contribution in [0.2, 0.25) is 0 Å². The van der Waals surface area contributed by atoms with Crippen LogP contribution in [-0.4, -0.2) is 31.2 Å². The quantitative estimate of drug-likeness (QED) is 0.856. The van der Waals surface area contributed by atoms with Crippen LogP contribution in [-0.2, 0) is 0 Å². The Balaban J connectivity index is 2.26. The van der Waals surface area contributed by atoms with E-state index in [0.717, 1.165) is 0 Å². The molecule has 2 rings (SSSR count). The van der Waals surface area contributed by atoms with Gasteiger partial charge in [0.25, 0.3) is 5.91 Å². The van der Waals surface area contributed by atoms with Gasteiger partial charge >= 0.3 is 0 Å². The zero-order valence-corrected chi connectivity index (χ0v) is 13.7. The highest BCUT2D eigenvalue weighted by Crippen LogP contribution is 2.29. The van der Waals surface area contributed by atoms with Gasteiger partial charge in [0.15, 0.2) is 0 Å². The topological polar surface area (TPSA) is 72.5 Å². The molecule has 1 aromatic carbocycles. The maximum atomic E-state index is 12.6. The molecular weight excluding hydrogens is 294 g/mol. The fourth-order valence-corrected chi connectivity index (χ4v) is 2.07. The highest BCUT2D eigenvalue weighted by atomic mass is 16.5. The predicted molar refractivity (Wildman–Crippen MR) is 90.5 cm³/mol. The zero-order chi connectivity index (χ0) is 16.8. The zero-order valence-electron chi connectivity index (χ0n) is 13.7. The van der Waals surface area contributed by atoms with E-state index >= 15 is 0 Å². The lowest BCUT2D eigenvalue weighted by Gasteiger charge is -2.15. The van der Waals surface area contributed by atoms with Crippen molar-refractivity contribution in [2.45, 2.75) is 19.9 Å². The molecule has 23 heavy (non-hydrogen) atoms. The Morgan fingerprint density at radius 3 is 2.61 bits per heavy atom. The monoisotopic (exact) mass is 315 g/mol. The van der Waals surface area contributed by atoms with Crippen LogP contribution in [0.15, 0.2) is 36.5 Å². The lowest BCUT2D eigenvalue weighted by Crippen LogP contribution is -2.19. The molecule has 0 bridgehead atoms. The molecule has 0 radical (unpaired) electrons. The van der Waals surface area contributed by atoms with Gasteiger partial charge in [-0.2, -0.15) is 0 Å². The molecule has 0 aliphatic carbocycles. The molecular formula is C17H21N3O3. The van der Waals surface area contributed by atoms with Gasteiger partial charge < -0.3 is 20.1 Å². The number of rotatable bonds is 6. The van der Waals surface area contributed by atoms with E-state index in [9.17, 15) is 4.79 Å². The standard InChI is InChI=1S/C17H21N3O3/c1-11(2)19-16-13(6-5-9-18-16)17(21)20-14-8-7-12(22-3)10-15(14)23-4/h5-11H,1-4H3,(H,18,19)(H,20,21). The van der Waals surface area contributed by atoms with E-state index in [2.05, 4.69) is 15.6 Å². The number of nitrogens with zero attached hydrogens (tertiary/aromatic N) is 1.